The number of carbonyl (C=O) groups is 2. The lowest BCUT2D eigenvalue weighted by Gasteiger charge is -2.36. The topological polar surface area (TPSA) is 77.8 Å². The summed E-state index contributed by atoms with van der Waals surface area (Å²) < 4.78 is 39.5. The second kappa shape index (κ2) is 5.63. The first kappa shape index (κ1) is 15.1. The molecule has 8 heteroatoms. The van der Waals surface area contributed by atoms with Crippen molar-refractivity contribution in [3.05, 3.63) is 35.1 Å². The molecule has 0 aliphatic carbocycles. The van der Waals surface area contributed by atoms with E-state index in [4.69, 9.17) is 10.2 Å². The average Bonchev–Trinajstić information content (AvgIpc) is 2.43. The molecule has 1 aliphatic heterocycles. The number of piperidine rings is 1. The lowest BCUT2D eigenvalue weighted by molar-refractivity contribution is -0.144. The Labute approximate surface area is 117 Å². The molecule has 2 unspecified atom stereocenters. The zero-order valence-corrected chi connectivity index (χ0v) is 10.7. The summed E-state index contributed by atoms with van der Waals surface area (Å²) in [5.74, 6) is -6.44. The van der Waals surface area contributed by atoms with Gasteiger partial charge >= 0.3 is 12.1 Å². The van der Waals surface area contributed by atoms with Crippen LogP contribution >= 0.6 is 0 Å². The number of hydrogen-bond donors (Lipinski definition) is 2. The number of halogens is 3. The molecule has 2 N–H and O–H groups in total. The van der Waals surface area contributed by atoms with Crippen LogP contribution in [0.15, 0.2) is 12.1 Å². The minimum absolute atomic E-state index is 0.0718. The summed E-state index contributed by atoms with van der Waals surface area (Å²) in [6.07, 6.45) is -1.33. The van der Waals surface area contributed by atoms with Gasteiger partial charge in [-0.3, -0.25) is 4.79 Å². The van der Waals surface area contributed by atoms with Crippen molar-refractivity contribution >= 4 is 12.1 Å². The number of aliphatic carboxylic acids is 1. The van der Waals surface area contributed by atoms with Crippen LogP contribution in [0.3, 0.4) is 0 Å². The second-order valence-corrected chi connectivity index (χ2v) is 4.85. The quantitative estimate of drug-likeness (QED) is 0.823. The van der Waals surface area contributed by atoms with Gasteiger partial charge in [-0.1, -0.05) is 0 Å². The molecule has 1 aliphatic rings. The maximum absolute atomic E-state index is 13.3. The molecule has 2 atom stereocenters. The Hall–Kier alpha value is -2.25. The van der Waals surface area contributed by atoms with Gasteiger partial charge in [-0.2, -0.15) is 0 Å². The van der Waals surface area contributed by atoms with Gasteiger partial charge in [-0.25, -0.2) is 18.0 Å². The summed E-state index contributed by atoms with van der Waals surface area (Å²) in [5.41, 5.74) is -0.0975. The number of amides is 1. The van der Waals surface area contributed by atoms with Crippen molar-refractivity contribution in [3.63, 3.8) is 0 Å². The zero-order chi connectivity index (χ0) is 15.7. The minimum Gasteiger partial charge on any atom is -0.481 e. The van der Waals surface area contributed by atoms with Crippen molar-refractivity contribution in [1.29, 1.82) is 0 Å². The maximum Gasteiger partial charge on any atom is 0.407 e. The predicted octanol–water partition coefficient (Wildman–Crippen LogP) is 2.62. The Morgan fingerprint density at radius 3 is 2.19 bits per heavy atom. The average molecular weight is 303 g/mol. The highest BCUT2D eigenvalue weighted by atomic mass is 19.2. The summed E-state index contributed by atoms with van der Waals surface area (Å²) in [5, 5.41) is 18.1. The van der Waals surface area contributed by atoms with Gasteiger partial charge in [-0.15, -0.1) is 0 Å². The van der Waals surface area contributed by atoms with Gasteiger partial charge < -0.3 is 15.1 Å². The minimum atomic E-state index is -1.65. The van der Waals surface area contributed by atoms with Crippen molar-refractivity contribution in [2.45, 2.75) is 18.9 Å². The molecule has 2 rings (SSSR count). The molecule has 0 bridgehead atoms. The highest BCUT2D eigenvalue weighted by Gasteiger charge is 2.36. The lowest BCUT2D eigenvalue weighted by atomic mass is 9.87. The monoisotopic (exact) mass is 303 g/mol. The maximum atomic E-state index is 13.3. The van der Waals surface area contributed by atoms with Crippen LogP contribution in [-0.2, 0) is 4.79 Å². The standard InChI is InChI=1S/C13H12F3NO4/c14-8-3-7(4-9(15)11(8)16)10-5-6(12(18)19)1-2-17(10)13(20)21/h3-4,6,10H,1-2,5H2,(H,18,19)(H,20,21). The fourth-order valence-corrected chi connectivity index (χ4v) is 2.50. The Balaban J connectivity index is 2.40. The SMILES string of the molecule is O=C(O)C1CCN(C(=O)O)C(c2cc(F)c(F)c(F)c2)C1. The van der Waals surface area contributed by atoms with Gasteiger partial charge in [0.25, 0.3) is 0 Å². The molecule has 0 saturated carbocycles. The van der Waals surface area contributed by atoms with E-state index in [1.807, 2.05) is 0 Å². The molecule has 1 amide bonds. The second-order valence-electron chi connectivity index (χ2n) is 4.85. The number of nitrogens with zero attached hydrogens (tertiary/aromatic N) is 1. The van der Waals surface area contributed by atoms with Crippen LogP contribution in [0.25, 0.3) is 0 Å². The number of likely N-dealkylation sites (tertiary alicyclic amines) is 1. The molecule has 5 nitrogen and oxygen atoms in total. The van der Waals surface area contributed by atoms with E-state index in [0.717, 1.165) is 4.90 Å². The number of benzene rings is 1. The first-order valence-electron chi connectivity index (χ1n) is 6.18. The van der Waals surface area contributed by atoms with Crippen LogP contribution in [0.1, 0.15) is 24.4 Å². The van der Waals surface area contributed by atoms with E-state index in [9.17, 15) is 22.8 Å². The Morgan fingerprint density at radius 1 is 1.14 bits per heavy atom. The highest BCUT2D eigenvalue weighted by Crippen LogP contribution is 2.35. The summed E-state index contributed by atoms with van der Waals surface area (Å²) in [6.45, 7) is -0.0718. The molecular weight excluding hydrogens is 291 g/mol. The normalized spacial score (nSPS) is 22.1. The fraction of sp³-hybridized carbons (Fsp3) is 0.385. The first-order valence-corrected chi connectivity index (χ1v) is 6.18. The molecule has 0 aromatic heterocycles. The van der Waals surface area contributed by atoms with Gasteiger partial charge in [0.1, 0.15) is 0 Å². The van der Waals surface area contributed by atoms with Crippen LogP contribution in [0.5, 0.6) is 0 Å². The molecule has 114 valence electrons. The van der Waals surface area contributed by atoms with E-state index in [0.29, 0.717) is 12.1 Å². The van der Waals surface area contributed by atoms with Crippen molar-refractivity contribution < 1.29 is 33.0 Å². The van der Waals surface area contributed by atoms with Gasteiger partial charge in [0.05, 0.1) is 12.0 Å². The third-order valence-corrected chi connectivity index (χ3v) is 3.59. The Kier molecular flexibility index (Phi) is 4.06. The van der Waals surface area contributed by atoms with Crippen molar-refractivity contribution in [2.24, 2.45) is 5.92 Å². The number of carboxylic acids is 1. The van der Waals surface area contributed by atoms with Gasteiger partial charge in [0.15, 0.2) is 17.5 Å². The van der Waals surface area contributed by atoms with Crippen molar-refractivity contribution in [2.75, 3.05) is 6.54 Å². The van der Waals surface area contributed by atoms with Gasteiger partial charge in [0.2, 0.25) is 0 Å². The molecule has 21 heavy (non-hydrogen) atoms. The van der Waals surface area contributed by atoms with Crippen LogP contribution in [0.4, 0.5) is 18.0 Å². The van der Waals surface area contributed by atoms with E-state index in [1.54, 1.807) is 0 Å². The molecule has 1 fully saturated rings. The largest absolute Gasteiger partial charge is 0.481 e. The molecular formula is C13H12F3NO4. The first-order chi connectivity index (χ1) is 9.81. The number of hydrogen-bond acceptors (Lipinski definition) is 2. The molecule has 0 radical (unpaired) electrons. The Bertz CT molecular complexity index is 570. The molecule has 1 aromatic rings. The third-order valence-electron chi connectivity index (χ3n) is 3.59. The molecule has 1 saturated heterocycles. The van der Waals surface area contributed by atoms with E-state index >= 15 is 0 Å². The molecule has 1 heterocycles. The van der Waals surface area contributed by atoms with Gasteiger partial charge in [0, 0.05) is 6.54 Å². The number of rotatable bonds is 2. The van der Waals surface area contributed by atoms with Crippen LogP contribution in [0.2, 0.25) is 0 Å². The highest BCUT2D eigenvalue weighted by molar-refractivity contribution is 5.71. The molecule has 1 aromatic carbocycles. The summed E-state index contributed by atoms with van der Waals surface area (Å²) in [6, 6.07) is 0.369. The Morgan fingerprint density at radius 2 is 1.71 bits per heavy atom. The van der Waals surface area contributed by atoms with Gasteiger partial charge in [-0.05, 0) is 30.5 Å². The van der Waals surface area contributed by atoms with E-state index in [1.165, 1.54) is 0 Å². The smallest absolute Gasteiger partial charge is 0.407 e. The lowest BCUT2D eigenvalue weighted by Crippen LogP contribution is -2.42. The number of carboxylic acid groups (broad SMARTS) is 2. The van der Waals surface area contributed by atoms with E-state index in [-0.39, 0.29) is 24.9 Å². The summed E-state index contributed by atoms with van der Waals surface area (Å²) >= 11 is 0. The van der Waals surface area contributed by atoms with Crippen LogP contribution < -0.4 is 0 Å². The predicted molar refractivity (Wildman–Crippen MR) is 64.1 cm³/mol. The van der Waals surface area contributed by atoms with Crippen molar-refractivity contribution in [1.82, 2.24) is 4.90 Å². The third kappa shape index (κ3) is 2.93. The molecule has 0 spiro atoms. The summed E-state index contributed by atoms with van der Waals surface area (Å²) in [7, 11) is 0. The van der Waals surface area contributed by atoms with Crippen LogP contribution in [-0.4, -0.2) is 33.7 Å². The summed E-state index contributed by atoms with van der Waals surface area (Å²) in [4.78, 5) is 23.1. The zero-order valence-electron chi connectivity index (χ0n) is 10.7. The van der Waals surface area contributed by atoms with E-state index < -0.39 is 41.5 Å². The van der Waals surface area contributed by atoms with Crippen molar-refractivity contribution in [3.8, 4) is 0 Å². The van der Waals surface area contributed by atoms with Crippen LogP contribution in [0, 0.1) is 23.4 Å². The van der Waals surface area contributed by atoms with E-state index in [2.05, 4.69) is 0 Å². The fourth-order valence-electron chi connectivity index (χ4n) is 2.50.